The van der Waals surface area contributed by atoms with Crippen molar-refractivity contribution in [1.29, 1.82) is 0 Å². The number of piperazine rings is 1. The molecule has 1 aromatic rings. The summed E-state index contributed by atoms with van der Waals surface area (Å²) in [5.74, 6) is -1.32. The second-order valence-corrected chi connectivity index (χ2v) is 9.60. The Morgan fingerprint density at radius 2 is 1.86 bits per heavy atom. The highest BCUT2D eigenvalue weighted by Gasteiger charge is 2.32. The van der Waals surface area contributed by atoms with Crippen LogP contribution in [0.3, 0.4) is 0 Å². The molecule has 0 aromatic heterocycles. The molecule has 3 amide bonds. The Morgan fingerprint density at radius 3 is 2.50 bits per heavy atom. The van der Waals surface area contributed by atoms with E-state index in [-0.39, 0.29) is 47.4 Å². The Bertz CT molecular complexity index is 1110. The lowest BCUT2D eigenvalue weighted by atomic mass is 9.99. The molecule has 10 nitrogen and oxygen atoms in total. The molecule has 3 aliphatic rings. The van der Waals surface area contributed by atoms with Gasteiger partial charge in [0.1, 0.15) is 5.75 Å². The van der Waals surface area contributed by atoms with E-state index in [9.17, 15) is 24.3 Å². The maximum atomic E-state index is 12.9. The minimum absolute atomic E-state index is 0.0525. The molecule has 2 saturated heterocycles. The predicted molar refractivity (Wildman–Crippen MR) is 134 cm³/mol. The Kier molecular flexibility index (Phi) is 7.85. The van der Waals surface area contributed by atoms with Crippen molar-refractivity contribution in [3.63, 3.8) is 0 Å². The number of anilines is 1. The molecule has 2 unspecified atom stereocenters. The van der Waals surface area contributed by atoms with Crippen LogP contribution in [-0.2, 0) is 14.4 Å². The average Bonchev–Trinajstić information content (AvgIpc) is 3.34. The van der Waals surface area contributed by atoms with Gasteiger partial charge in [0, 0.05) is 50.0 Å². The van der Waals surface area contributed by atoms with Crippen molar-refractivity contribution >= 4 is 29.2 Å². The number of phenols is 1. The molecular weight excluding hydrogens is 462 g/mol. The number of Topliss-reactive ketones (excluding diaryl/α,β-unsaturated/α-hetero) is 1. The third-order valence-electron chi connectivity index (χ3n) is 7.15. The highest BCUT2D eigenvalue weighted by molar-refractivity contribution is 5.99. The van der Waals surface area contributed by atoms with Gasteiger partial charge in [0.05, 0.1) is 18.0 Å². The molecule has 4 N–H and O–H groups in total. The molecule has 4 rings (SSSR count). The van der Waals surface area contributed by atoms with E-state index < -0.39 is 5.91 Å². The van der Waals surface area contributed by atoms with Crippen LogP contribution in [0.4, 0.5) is 5.69 Å². The van der Waals surface area contributed by atoms with Gasteiger partial charge in [-0.25, -0.2) is 0 Å². The zero-order valence-electron chi connectivity index (χ0n) is 20.5. The van der Waals surface area contributed by atoms with Crippen LogP contribution in [0.15, 0.2) is 42.0 Å². The summed E-state index contributed by atoms with van der Waals surface area (Å²) in [4.78, 5) is 54.7. The second-order valence-electron chi connectivity index (χ2n) is 9.60. The van der Waals surface area contributed by atoms with Gasteiger partial charge in [-0.3, -0.25) is 29.0 Å². The first kappa shape index (κ1) is 25.6. The smallest absolute Gasteiger partial charge is 0.252 e. The molecule has 0 saturated carbocycles. The van der Waals surface area contributed by atoms with Gasteiger partial charge in [-0.05, 0) is 44.5 Å². The van der Waals surface area contributed by atoms with Crippen molar-refractivity contribution in [1.82, 2.24) is 14.7 Å². The summed E-state index contributed by atoms with van der Waals surface area (Å²) in [5, 5.41) is 12.5. The summed E-state index contributed by atoms with van der Waals surface area (Å²) >= 11 is 0. The van der Waals surface area contributed by atoms with Crippen molar-refractivity contribution in [2.24, 2.45) is 11.7 Å². The lowest BCUT2D eigenvalue weighted by Gasteiger charge is -2.39. The molecule has 1 aliphatic carbocycles. The van der Waals surface area contributed by atoms with Crippen LogP contribution in [0.1, 0.15) is 30.1 Å². The minimum atomic E-state index is -0.774. The topological polar surface area (TPSA) is 136 Å². The number of carbonyl (C=O) groups is 4. The summed E-state index contributed by atoms with van der Waals surface area (Å²) in [6.07, 6.45) is 7.41. The number of likely N-dealkylation sites (tertiary alicyclic amines) is 1. The van der Waals surface area contributed by atoms with Crippen molar-refractivity contribution in [2.75, 3.05) is 51.1 Å². The molecule has 0 spiro atoms. The van der Waals surface area contributed by atoms with Gasteiger partial charge in [-0.2, -0.15) is 0 Å². The van der Waals surface area contributed by atoms with Crippen molar-refractivity contribution < 1.29 is 24.3 Å². The van der Waals surface area contributed by atoms with Crippen LogP contribution in [0.2, 0.25) is 0 Å². The Hall–Kier alpha value is -3.50. The first-order chi connectivity index (χ1) is 17.2. The predicted octanol–water partition coefficient (Wildman–Crippen LogP) is 0.740. The maximum Gasteiger partial charge on any atom is 0.252 e. The van der Waals surface area contributed by atoms with E-state index >= 15 is 0 Å². The summed E-state index contributed by atoms with van der Waals surface area (Å²) in [6, 6.07) is 4.44. The second kappa shape index (κ2) is 11.0. The Morgan fingerprint density at radius 1 is 1.11 bits per heavy atom. The third kappa shape index (κ3) is 6.00. The normalized spacial score (nSPS) is 22.8. The number of benzene rings is 1. The Labute approximate surface area is 210 Å². The van der Waals surface area contributed by atoms with Crippen LogP contribution >= 0.6 is 0 Å². The standard InChI is InChI=1S/C26H33N5O5/c1-17(32)18-2-5-21(6-3-18)30-10-12-31(13-11-30)24(34)16-29-9-8-19(15-29)26(36)28-20-4-7-23(33)22(14-20)25(27)35/h2-5,7,14,19,21,33H,6,8-13,15-16H2,1H3,(H2,27,35)(H,28,36). The molecule has 1 aromatic carbocycles. The molecule has 36 heavy (non-hydrogen) atoms. The van der Waals surface area contributed by atoms with E-state index in [1.165, 1.54) is 18.2 Å². The van der Waals surface area contributed by atoms with Gasteiger partial charge < -0.3 is 21.1 Å². The zero-order chi connectivity index (χ0) is 25.8. The quantitative estimate of drug-likeness (QED) is 0.475. The number of nitrogens with zero attached hydrogens (tertiary/aromatic N) is 3. The molecule has 2 atom stereocenters. The van der Waals surface area contributed by atoms with Crippen LogP contribution in [0.25, 0.3) is 0 Å². The molecule has 192 valence electrons. The first-order valence-electron chi connectivity index (χ1n) is 12.3. The summed E-state index contributed by atoms with van der Waals surface area (Å²) < 4.78 is 0. The first-order valence-corrected chi connectivity index (χ1v) is 12.3. The van der Waals surface area contributed by atoms with Crippen molar-refractivity contribution in [3.05, 3.63) is 47.6 Å². The molecule has 2 heterocycles. The summed E-state index contributed by atoms with van der Waals surface area (Å²) in [5.41, 5.74) is 6.35. The SMILES string of the molecule is CC(=O)C1=CCC(N2CCN(C(=O)CN3CCC(C(=O)Nc4ccc(O)c(C(N)=O)c4)C3)CC2)C=C1. The highest BCUT2D eigenvalue weighted by atomic mass is 16.3. The van der Waals surface area contributed by atoms with E-state index in [1.807, 2.05) is 22.0 Å². The summed E-state index contributed by atoms with van der Waals surface area (Å²) in [6.45, 7) is 5.89. The monoisotopic (exact) mass is 495 g/mol. The fourth-order valence-electron chi connectivity index (χ4n) is 4.98. The van der Waals surface area contributed by atoms with E-state index in [0.717, 1.165) is 25.1 Å². The molecular formula is C26H33N5O5. The van der Waals surface area contributed by atoms with Gasteiger partial charge in [-0.15, -0.1) is 0 Å². The number of carbonyl (C=O) groups excluding carboxylic acids is 4. The van der Waals surface area contributed by atoms with Crippen LogP contribution < -0.4 is 11.1 Å². The number of nitrogens with two attached hydrogens (primary N) is 1. The highest BCUT2D eigenvalue weighted by Crippen LogP contribution is 2.24. The number of amides is 3. The average molecular weight is 496 g/mol. The number of nitrogens with one attached hydrogen (secondary N) is 1. The van der Waals surface area contributed by atoms with Crippen LogP contribution in [-0.4, -0.2) is 95.2 Å². The lowest BCUT2D eigenvalue weighted by molar-refractivity contribution is -0.134. The number of aromatic hydroxyl groups is 1. The minimum Gasteiger partial charge on any atom is -0.507 e. The van der Waals surface area contributed by atoms with E-state index in [4.69, 9.17) is 5.73 Å². The van der Waals surface area contributed by atoms with Crippen molar-refractivity contribution in [3.8, 4) is 5.75 Å². The van der Waals surface area contributed by atoms with E-state index in [2.05, 4.69) is 16.3 Å². The van der Waals surface area contributed by atoms with Gasteiger partial charge in [0.2, 0.25) is 11.8 Å². The largest absolute Gasteiger partial charge is 0.507 e. The number of rotatable bonds is 7. The van der Waals surface area contributed by atoms with Crippen molar-refractivity contribution in [2.45, 2.75) is 25.8 Å². The maximum absolute atomic E-state index is 12.9. The van der Waals surface area contributed by atoms with Gasteiger partial charge in [0.15, 0.2) is 5.78 Å². The zero-order valence-corrected chi connectivity index (χ0v) is 20.5. The lowest BCUT2D eigenvalue weighted by Crippen LogP contribution is -2.53. The third-order valence-corrected chi connectivity index (χ3v) is 7.15. The molecule has 0 bridgehead atoms. The number of primary amides is 1. The van der Waals surface area contributed by atoms with E-state index in [0.29, 0.717) is 38.3 Å². The van der Waals surface area contributed by atoms with Crippen LogP contribution in [0, 0.1) is 5.92 Å². The van der Waals surface area contributed by atoms with Gasteiger partial charge in [0.25, 0.3) is 5.91 Å². The van der Waals surface area contributed by atoms with Gasteiger partial charge in [-0.1, -0.05) is 18.2 Å². The summed E-state index contributed by atoms with van der Waals surface area (Å²) in [7, 11) is 0. The number of allylic oxidation sites excluding steroid dienone is 2. The molecule has 10 heteroatoms. The molecule has 0 radical (unpaired) electrons. The van der Waals surface area contributed by atoms with Crippen LogP contribution in [0.5, 0.6) is 5.75 Å². The number of hydrogen-bond donors (Lipinski definition) is 3. The Balaban J connectivity index is 1.21. The molecule has 2 aliphatic heterocycles. The van der Waals surface area contributed by atoms with Gasteiger partial charge >= 0.3 is 0 Å². The fraction of sp³-hybridized carbons (Fsp3) is 0.462. The molecule has 2 fully saturated rings. The van der Waals surface area contributed by atoms with E-state index in [1.54, 1.807) is 6.92 Å². The number of ketones is 1. The number of hydrogen-bond acceptors (Lipinski definition) is 7. The fourth-order valence-corrected chi connectivity index (χ4v) is 4.98.